The Morgan fingerprint density at radius 2 is 1.93 bits per heavy atom. The van der Waals surface area contributed by atoms with Crippen LogP contribution in [0.5, 0.6) is 0 Å². The zero-order valence-electron chi connectivity index (χ0n) is 16.8. The third kappa shape index (κ3) is 3.94. The monoisotopic (exact) mass is 380 g/mol. The van der Waals surface area contributed by atoms with Crippen LogP contribution in [0.15, 0.2) is 36.5 Å². The van der Waals surface area contributed by atoms with Crippen LogP contribution in [-0.2, 0) is 11.8 Å². The number of hydrogen-bond donors (Lipinski definition) is 2. The zero-order valence-corrected chi connectivity index (χ0v) is 16.8. The number of hydrogen-bond acceptors (Lipinski definition) is 6. The molecule has 1 unspecified atom stereocenters. The van der Waals surface area contributed by atoms with Crippen LogP contribution in [0.2, 0.25) is 0 Å². The number of aromatic nitrogens is 4. The molecule has 0 saturated carbocycles. The molecule has 1 aromatic carbocycles. The van der Waals surface area contributed by atoms with Crippen LogP contribution >= 0.6 is 0 Å². The van der Waals surface area contributed by atoms with Crippen molar-refractivity contribution < 1.29 is 4.74 Å². The smallest absolute Gasteiger partial charge is 0.226 e. The lowest BCUT2D eigenvalue weighted by Gasteiger charge is -2.35. The summed E-state index contributed by atoms with van der Waals surface area (Å²) in [6.45, 7) is 6.73. The van der Waals surface area contributed by atoms with Crippen LogP contribution in [0.4, 0.5) is 11.8 Å². The Kier molecular flexibility index (Phi) is 5.17. The Labute approximate surface area is 165 Å². The third-order valence-electron chi connectivity index (χ3n) is 5.54. The fourth-order valence-corrected chi connectivity index (χ4v) is 3.57. The van der Waals surface area contributed by atoms with Gasteiger partial charge in [-0.15, -0.1) is 0 Å². The summed E-state index contributed by atoms with van der Waals surface area (Å²) < 4.78 is 7.32. The highest BCUT2D eigenvalue weighted by Crippen LogP contribution is 2.29. The van der Waals surface area contributed by atoms with Gasteiger partial charge in [-0.1, -0.05) is 37.3 Å². The minimum absolute atomic E-state index is 0.0377. The maximum atomic E-state index is 5.52. The first kappa shape index (κ1) is 18.7. The molecule has 0 aliphatic carbocycles. The van der Waals surface area contributed by atoms with Crippen molar-refractivity contribution in [2.75, 3.05) is 30.4 Å². The Morgan fingerprint density at radius 1 is 1.18 bits per heavy atom. The number of fused-ring (bicyclic) bond motifs is 1. The first-order valence-electron chi connectivity index (χ1n) is 9.89. The van der Waals surface area contributed by atoms with Crippen molar-refractivity contribution in [1.29, 1.82) is 0 Å². The van der Waals surface area contributed by atoms with Crippen molar-refractivity contribution in [3.05, 3.63) is 42.1 Å². The number of nitrogens with one attached hydrogen (secondary N) is 2. The number of anilines is 2. The van der Waals surface area contributed by atoms with E-state index in [1.807, 2.05) is 19.3 Å². The lowest BCUT2D eigenvalue weighted by atomic mass is 9.92. The summed E-state index contributed by atoms with van der Waals surface area (Å²) in [4.78, 5) is 9.48. The SMILES string of the molecule is CC(CNc1nc(NC2(C)CCOCC2)c2cnn(C)c2n1)c1ccccc1. The first-order valence-corrected chi connectivity index (χ1v) is 9.89. The van der Waals surface area contributed by atoms with Gasteiger partial charge in [0.05, 0.1) is 11.6 Å². The number of aryl methyl sites for hydroxylation is 1. The van der Waals surface area contributed by atoms with Crippen molar-refractivity contribution >= 4 is 22.8 Å². The van der Waals surface area contributed by atoms with Gasteiger partial charge in [0.1, 0.15) is 5.82 Å². The molecule has 0 amide bonds. The molecule has 7 nitrogen and oxygen atoms in total. The van der Waals surface area contributed by atoms with Gasteiger partial charge in [-0.25, -0.2) is 0 Å². The van der Waals surface area contributed by atoms with Gasteiger partial charge in [0.2, 0.25) is 5.95 Å². The molecule has 3 heterocycles. The molecule has 28 heavy (non-hydrogen) atoms. The Bertz CT molecular complexity index is 933. The molecule has 1 saturated heterocycles. The molecule has 0 bridgehead atoms. The van der Waals surface area contributed by atoms with E-state index >= 15 is 0 Å². The predicted octanol–water partition coefficient (Wildman–Crippen LogP) is 3.56. The molecule has 2 N–H and O–H groups in total. The summed E-state index contributed by atoms with van der Waals surface area (Å²) in [6.07, 6.45) is 3.73. The maximum absolute atomic E-state index is 5.52. The van der Waals surface area contributed by atoms with Crippen LogP contribution in [0.3, 0.4) is 0 Å². The van der Waals surface area contributed by atoms with Gasteiger partial charge in [-0.3, -0.25) is 4.68 Å². The Balaban J connectivity index is 1.57. The standard InChI is InChI=1S/C21H28N6O/c1-15(16-7-5-4-6-8-16)13-22-20-24-18(17-14-23-27(3)19(17)25-20)26-21(2)9-11-28-12-10-21/h4-8,14-15H,9-13H2,1-3H3,(H2,22,24,25,26). The summed E-state index contributed by atoms with van der Waals surface area (Å²) in [5, 5.41) is 12.4. The van der Waals surface area contributed by atoms with Crippen LogP contribution < -0.4 is 10.6 Å². The molecule has 2 aromatic heterocycles. The topological polar surface area (TPSA) is 76.9 Å². The second-order valence-electron chi connectivity index (χ2n) is 7.89. The number of ether oxygens (including phenoxy) is 1. The number of nitrogens with zero attached hydrogens (tertiary/aromatic N) is 4. The van der Waals surface area contributed by atoms with Crippen LogP contribution in [0.1, 0.15) is 38.2 Å². The highest BCUT2D eigenvalue weighted by atomic mass is 16.5. The molecule has 1 fully saturated rings. The van der Waals surface area contributed by atoms with Gasteiger partial charge in [0.25, 0.3) is 0 Å². The Morgan fingerprint density at radius 3 is 2.68 bits per heavy atom. The molecule has 1 aliphatic rings. The van der Waals surface area contributed by atoms with E-state index in [0.717, 1.165) is 49.5 Å². The first-order chi connectivity index (χ1) is 13.5. The van der Waals surface area contributed by atoms with Gasteiger partial charge in [-0.05, 0) is 31.2 Å². The van der Waals surface area contributed by atoms with Crippen molar-refractivity contribution in [3.8, 4) is 0 Å². The zero-order chi connectivity index (χ0) is 19.6. The summed E-state index contributed by atoms with van der Waals surface area (Å²) in [5.41, 5.74) is 2.08. The fourth-order valence-electron chi connectivity index (χ4n) is 3.57. The molecule has 148 valence electrons. The van der Waals surface area contributed by atoms with E-state index in [9.17, 15) is 0 Å². The highest BCUT2D eigenvalue weighted by Gasteiger charge is 2.28. The average Bonchev–Trinajstić information content (AvgIpc) is 3.08. The minimum atomic E-state index is -0.0377. The van der Waals surface area contributed by atoms with Crippen LogP contribution in [0.25, 0.3) is 11.0 Å². The lowest BCUT2D eigenvalue weighted by Crippen LogP contribution is -2.41. The van der Waals surface area contributed by atoms with Crippen molar-refractivity contribution in [2.45, 2.75) is 38.1 Å². The van der Waals surface area contributed by atoms with E-state index in [1.165, 1.54) is 5.56 Å². The average molecular weight is 380 g/mol. The molecule has 0 spiro atoms. The van der Waals surface area contributed by atoms with Gasteiger partial charge in [-0.2, -0.15) is 15.1 Å². The summed E-state index contributed by atoms with van der Waals surface area (Å²) in [6, 6.07) is 10.5. The normalized spacial score (nSPS) is 17.4. The molecule has 3 aromatic rings. The molecule has 1 atom stereocenters. The predicted molar refractivity (Wildman–Crippen MR) is 112 cm³/mol. The summed E-state index contributed by atoms with van der Waals surface area (Å²) in [5.74, 6) is 1.81. The Hall–Kier alpha value is -2.67. The van der Waals surface area contributed by atoms with E-state index in [4.69, 9.17) is 14.7 Å². The van der Waals surface area contributed by atoms with E-state index in [2.05, 4.69) is 53.8 Å². The number of benzene rings is 1. The second-order valence-corrected chi connectivity index (χ2v) is 7.89. The quantitative estimate of drug-likeness (QED) is 0.681. The summed E-state index contributed by atoms with van der Waals surface area (Å²) >= 11 is 0. The lowest BCUT2D eigenvalue weighted by molar-refractivity contribution is 0.0657. The minimum Gasteiger partial charge on any atom is -0.381 e. The van der Waals surface area contributed by atoms with Gasteiger partial charge < -0.3 is 15.4 Å². The van der Waals surface area contributed by atoms with Gasteiger partial charge in [0.15, 0.2) is 5.65 Å². The second kappa shape index (κ2) is 7.75. The largest absolute Gasteiger partial charge is 0.381 e. The van der Waals surface area contributed by atoms with E-state index in [1.54, 1.807) is 4.68 Å². The van der Waals surface area contributed by atoms with E-state index in [0.29, 0.717) is 11.9 Å². The molecule has 1 aliphatic heterocycles. The van der Waals surface area contributed by atoms with Crippen molar-refractivity contribution in [2.24, 2.45) is 7.05 Å². The fraction of sp³-hybridized carbons (Fsp3) is 0.476. The molecule has 0 radical (unpaired) electrons. The van der Waals surface area contributed by atoms with Crippen LogP contribution in [-0.4, -0.2) is 45.0 Å². The summed E-state index contributed by atoms with van der Waals surface area (Å²) in [7, 11) is 1.91. The van der Waals surface area contributed by atoms with E-state index in [-0.39, 0.29) is 5.54 Å². The van der Waals surface area contributed by atoms with Gasteiger partial charge in [0, 0.05) is 32.3 Å². The highest BCUT2D eigenvalue weighted by molar-refractivity contribution is 5.87. The van der Waals surface area contributed by atoms with Crippen molar-refractivity contribution in [1.82, 2.24) is 19.7 Å². The molecular weight excluding hydrogens is 352 g/mol. The third-order valence-corrected chi connectivity index (χ3v) is 5.54. The molecule has 7 heteroatoms. The van der Waals surface area contributed by atoms with E-state index < -0.39 is 0 Å². The van der Waals surface area contributed by atoms with Crippen molar-refractivity contribution in [3.63, 3.8) is 0 Å². The molecule has 4 rings (SSSR count). The maximum Gasteiger partial charge on any atom is 0.226 e. The number of rotatable bonds is 6. The van der Waals surface area contributed by atoms with Crippen LogP contribution in [0, 0.1) is 0 Å². The van der Waals surface area contributed by atoms with Gasteiger partial charge >= 0.3 is 0 Å². The molecular formula is C21H28N6O.